The standard InChI is InChI=1S/C26H23N3O2/c1-16-11-13-18(14-12-16)28-23(30)15-29-25(19-7-3-4-8-20(19)26(29)31)24-17(2)27-22-10-6-5-9-21(22)24/h3-14,25,27H,15H2,1-2H3,(H,28,30)/t25-/m1/s1. The number of para-hydroxylation sites is 1. The number of hydrogen-bond donors (Lipinski definition) is 2. The molecule has 1 aromatic heterocycles. The molecule has 1 aliphatic rings. The maximum Gasteiger partial charge on any atom is 0.255 e. The summed E-state index contributed by atoms with van der Waals surface area (Å²) in [6.45, 7) is 4.00. The molecule has 0 spiro atoms. The quantitative estimate of drug-likeness (QED) is 0.500. The van der Waals surface area contributed by atoms with Gasteiger partial charge in [-0.3, -0.25) is 9.59 Å². The van der Waals surface area contributed by atoms with E-state index in [0.29, 0.717) is 5.56 Å². The van der Waals surface area contributed by atoms with Gasteiger partial charge in [-0.05, 0) is 43.7 Å². The van der Waals surface area contributed by atoms with Crippen molar-refractivity contribution >= 4 is 28.4 Å². The van der Waals surface area contributed by atoms with Crippen LogP contribution in [-0.2, 0) is 4.79 Å². The van der Waals surface area contributed by atoms with E-state index >= 15 is 0 Å². The number of H-pyrrole nitrogens is 1. The smallest absolute Gasteiger partial charge is 0.255 e. The summed E-state index contributed by atoms with van der Waals surface area (Å²) in [4.78, 5) is 31.3. The van der Waals surface area contributed by atoms with Crippen LogP contribution in [0.2, 0.25) is 0 Å². The topological polar surface area (TPSA) is 65.2 Å². The second-order valence-corrected chi connectivity index (χ2v) is 8.05. The largest absolute Gasteiger partial charge is 0.358 e. The highest BCUT2D eigenvalue weighted by Gasteiger charge is 2.40. The Morgan fingerprint density at radius 3 is 2.48 bits per heavy atom. The van der Waals surface area contributed by atoms with Gasteiger partial charge in [0, 0.05) is 33.4 Å². The summed E-state index contributed by atoms with van der Waals surface area (Å²) in [5.74, 6) is -0.336. The van der Waals surface area contributed by atoms with Crippen molar-refractivity contribution in [2.75, 3.05) is 11.9 Å². The van der Waals surface area contributed by atoms with Crippen LogP contribution in [-0.4, -0.2) is 28.2 Å². The number of aryl methyl sites for hydroxylation is 2. The SMILES string of the molecule is Cc1ccc(NC(=O)CN2C(=O)c3ccccc3[C@@H]2c2c(C)[nH]c3ccccc23)cc1. The summed E-state index contributed by atoms with van der Waals surface area (Å²) >= 11 is 0. The normalized spacial score (nSPS) is 15.4. The fourth-order valence-corrected chi connectivity index (χ4v) is 4.49. The number of carbonyl (C=O) groups excluding carboxylic acids is 2. The Hall–Kier alpha value is -3.86. The number of aromatic nitrogens is 1. The number of hydrogen-bond acceptors (Lipinski definition) is 2. The molecule has 1 aliphatic heterocycles. The molecule has 0 unspecified atom stereocenters. The van der Waals surface area contributed by atoms with Gasteiger partial charge in [0.15, 0.2) is 0 Å². The highest BCUT2D eigenvalue weighted by molar-refractivity contribution is 6.04. The number of benzene rings is 3. The fraction of sp³-hybridized carbons (Fsp3) is 0.154. The molecule has 5 rings (SSSR count). The lowest BCUT2D eigenvalue weighted by Gasteiger charge is -2.25. The first kappa shape index (κ1) is 19.1. The van der Waals surface area contributed by atoms with E-state index < -0.39 is 0 Å². The Bertz CT molecular complexity index is 1300. The molecule has 0 saturated heterocycles. The minimum Gasteiger partial charge on any atom is -0.358 e. The van der Waals surface area contributed by atoms with Gasteiger partial charge in [0.25, 0.3) is 5.91 Å². The van der Waals surface area contributed by atoms with Gasteiger partial charge in [-0.25, -0.2) is 0 Å². The number of amides is 2. The maximum atomic E-state index is 13.3. The van der Waals surface area contributed by atoms with Gasteiger partial charge in [0.05, 0.1) is 6.04 Å². The zero-order valence-corrected chi connectivity index (χ0v) is 17.5. The second-order valence-electron chi connectivity index (χ2n) is 8.05. The lowest BCUT2D eigenvalue weighted by molar-refractivity contribution is -0.117. The summed E-state index contributed by atoms with van der Waals surface area (Å²) in [7, 11) is 0. The Balaban J connectivity index is 1.54. The molecule has 31 heavy (non-hydrogen) atoms. The van der Waals surface area contributed by atoms with Crippen molar-refractivity contribution in [2.45, 2.75) is 19.9 Å². The summed E-state index contributed by atoms with van der Waals surface area (Å²) in [6.07, 6.45) is 0. The zero-order chi connectivity index (χ0) is 21.5. The number of aromatic amines is 1. The van der Waals surface area contributed by atoms with Gasteiger partial charge in [-0.15, -0.1) is 0 Å². The van der Waals surface area contributed by atoms with Gasteiger partial charge in [-0.2, -0.15) is 0 Å². The first-order valence-corrected chi connectivity index (χ1v) is 10.4. The first-order chi connectivity index (χ1) is 15.0. The molecule has 4 aromatic rings. The maximum absolute atomic E-state index is 13.3. The second kappa shape index (κ2) is 7.43. The van der Waals surface area contributed by atoms with E-state index in [1.54, 1.807) is 4.90 Å². The molecule has 0 saturated carbocycles. The summed E-state index contributed by atoms with van der Waals surface area (Å²) < 4.78 is 0. The Morgan fingerprint density at radius 1 is 0.968 bits per heavy atom. The van der Waals surface area contributed by atoms with Crippen LogP contribution in [0.3, 0.4) is 0 Å². The highest BCUT2D eigenvalue weighted by atomic mass is 16.2. The molecule has 3 aromatic carbocycles. The van der Waals surface area contributed by atoms with Crippen LogP contribution in [0.25, 0.3) is 10.9 Å². The average molecular weight is 409 g/mol. The van der Waals surface area contributed by atoms with Crippen LogP contribution in [0.1, 0.15) is 38.8 Å². The summed E-state index contributed by atoms with van der Waals surface area (Å²) in [6, 6.07) is 23.0. The lowest BCUT2D eigenvalue weighted by Crippen LogP contribution is -2.36. The van der Waals surface area contributed by atoms with Crippen LogP contribution in [0.5, 0.6) is 0 Å². The van der Waals surface area contributed by atoms with Crippen molar-refractivity contribution < 1.29 is 9.59 Å². The number of anilines is 1. The number of nitrogens with one attached hydrogen (secondary N) is 2. The fourth-order valence-electron chi connectivity index (χ4n) is 4.49. The van der Waals surface area contributed by atoms with Crippen LogP contribution in [0, 0.1) is 13.8 Å². The number of rotatable bonds is 4. The number of carbonyl (C=O) groups is 2. The Labute approximate surface area is 180 Å². The van der Waals surface area contributed by atoms with E-state index in [1.807, 2.05) is 80.6 Å². The summed E-state index contributed by atoms with van der Waals surface area (Å²) in [5, 5.41) is 3.99. The van der Waals surface area contributed by atoms with Crippen molar-refractivity contribution in [3.63, 3.8) is 0 Å². The molecule has 0 radical (unpaired) electrons. The van der Waals surface area contributed by atoms with E-state index in [-0.39, 0.29) is 24.4 Å². The third kappa shape index (κ3) is 3.28. The molecule has 154 valence electrons. The summed E-state index contributed by atoms with van der Waals surface area (Å²) in [5.41, 5.74) is 6.49. The molecule has 0 aliphatic carbocycles. The van der Waals surface area contributed by atoms with Crippen molar-refractivity contribution in [3.8, 4) is 0 Å². The van der Waals surface area contributed by atoms with E-state index in [4.69, 9.17) is 0 Å². The molecular weight excluding hydrogens is 386 g/mol. The van der Waals surface area contributed by atoms with E-state index in [2.05, 4.69) is 16.4 Å². The first-order valence-electron chi connectivity index (χ1n) is 10.4. The van der Waals surface area contributed by atoms with Crippen LogP contribution in [0.4, 0.5) is 5.69 Å². The van der Waals surface area contributed by atoms with E-state index in [9.17, 15) is 9.59 Å². The van der Waals surface area contributed by atoms with Gasteiger partial charge in [0.2, 0.25) is 5.91 Å². The van der Waals surface area contributed by atoms with Crippen LogP contribution in [0.15, 0.2) is 72.8 Å². The van der Waals surface area contributed by atoms with Crippen molar-refractivity contribution in [3.05, 3.63) is 101 Å². The van der Waals surface area contributed by atoms with Crippen LogP contribution >= 0.6 is 0 Å². The van der Waals surface area contributed by atoms with E-state index in [1.165, 1.54) is 0 Å². The zero-order valence-electron chi connectivity index (χ0n) is 17.5. The van der Waals surface area contributed by atoms with Gasteiger partial charge >= 0.3 is 0 Å². The molecule has 5 nitrogen and oxygen atoms in total. The predicted octanol–water partition coefficient (Wildman–Crippen LogP) is 4.97. The van der Waals surface area contributed by atoms with Gasteiger partial charge < -0.3 is 15.2 Å². The van der Waals surface area contributed by atoms with Crippen LogP contribution < -0.4 is 5.32 Å². The molecule has 1 atom stereocenters. The molecule has 0 fully saturated rings. The predicted molar refractivity (Wildman–Crippen MR) is 122 cm³/mol. The lowest BCUT2D eigenvalue weighted by atomic mass is 9.95. The number of nitrogens with zero attached hydrogens (tertiary/aromatic N) is 1. The third-order valence-corrected chi connectivity index (χ3v) is 5.92. The highest BCUT2D eigenvalue weighted by Crippen LogP contribution is 2.42. The molecule has 5 heteroatoms. The minimum absolute atomic E-state index is 0.0228. The minimum atomic E-state index is -0.316. The number of fused-ring (bicyclic) bond motifs is 2. The third-order valence-electron chi connectivity index (χ3n) is 5.92. The molecule has 2 heterocycles. The van der Waals surface area contributed by atoms with E-state index in [0.717, 1.165) is 39.0 Å². The molecule has 2 N–H and O–H groups in total. The van der Waals surface area contributed by atoms with Gasteiger partial charge in [-0.1, -0.05) is 54.1 Å². The van der Waals surface area contributed by atoms with Crippen molar-refractivity contribution in [1.82, 2.24) is 9.88 Å². The van der Waals surface area contributed by atoms with Gasteiger partial charge in [0.1, 0.15) is 6.54 Å². The van der Waals surface area contributed by atoms with Crippen molar-refractivity contribution in [1.29, 1.82) is 0 Å². The Kier molecular flexibility index (Phi) is 4.59. The molecule has 2 amide bonds. The molecular formula is C26H23N3O2. The average Bonchev–Trinajstić information content (AvgIpc) is 3.23. The van der Waals surface area contributed by atoms with Crippen molar-refractivity contribution in [2.24, 2.45) is 0 Å². The monoisotopic (exact) mass is 409 g/mol. The Morgan fingerprint density at radius 2 is 1.68 bits per heavy atom. The molecule has 0 bridgehead atoms.